The number of carbonyl (C=O) groups is 1. The summed E-state index contributed by atoms with van der Waals surface area (Å²) in [5.74, 6) is 0.975. The predicted molar refractivity (Wildman–Crippen MR) is 251 cm³/mol. The molecule has 0 saturated carbocycles. The highest BCUT2D eigenvalue weighted by atomic mass is 32.3. The largest absolute Gasteiger partial charge is 0.468 e. The fraction of sp³-hybridized carbons (Fsp3) is 0.980. The number of aliphatic hydroxyl groups is 1. The zero-order valence-corrected chi connectivity index (χ0v) is 40.5. The lowest BCUT2D eigenvalue weighted by molar-refractivity contribution is -0.128. The maximum Gasteiger partial charge on any atom is 0.293 e. The van der Waals surface area contributed by atoms with Crippen LogP contribution in [0.5, 0.6) is 0 Å². The predicted octanol–water partition coefficient (Wildman–Crippen LogP) is 14.9. The van der Waals surface area contributed by atoms with Gasteiger partial charge in [-0.05, 0) is 57.5 Å². The third-order valence-electron chi connectivity index (χ3n) is 11.0. The van der Waals surface area contributed by atoms with Crippen molar-refractivity contribution in [3.8, 4) is 0 Å². The van der Waals surface area contributed by atoms with Crippen molar-refractivity contribution in [2.24, 2.45) is 5.92 Å². The molecule has 2 unspecified atom stereocenters. The van der Waals surface area contributed by atoms with Gasteiger partial charge >= 0.3 is 0 Å². The fourth-order valence-electron chi connectivity index (χ4n) is 7.24. The quantitative estimate of drug-likeness (QED) is 0.0372. The van der Waals surface area contributed by atoms with Gasteiger partial charge in [-0.2, -0.15) is 10.6 Å². The number of unbranched alkanes of at least 4 members (excludes halogenated alkanes) is 23. The molecule has 0 fully saturated rings. The van der Waals surface area contributed by atoms with E-state index in [1.165, 1.54) is 141 Å². The molecule has 0 aliphatic rings. The van der Waals surface area contributed by atoms with Crippen LogP contribution in [0, 0.1) is 5.92 Å². The zero-order chi connectivity index (χ0) is 42.3. The first-order valence-corrected chi connectivity index (χ1v) is 27.2. The van der Waals surface area contributed by atoms with E-state index < -0.39 is 10.6 Å². The molecule has 8 heteroatoms. The van der Waals surface area contributed by atoms with Crippen molar-refractivity contribution < 1.29 is 27.7 Å². The van der Waals surface area contributed by atoms with Crippen molar-refractivity contribution in [3.05, 3.63) is 0 Å². The molecule has 0 saturated heterocycles. The Morgan fingerprint density at radius 2 is 0.912 bits per heavy atom. The molecule has 0 aromatic rings. The maximum atomic E-state index is 10.2. The van der Waals surface area contributed by atoms with E-state index in [2.05, 4.69) is 52.0 Å². The van der Waals surface area contributed by atoms with Crippen LogP contribution in [-0.2, 0) is 22.6 Å². The Hall–Kier alpha value is -0.380. The Labute approximate surface area is 359 Å². The number of hydrogen-bond donors (Lipinski definition) is 1. The summed E-state index contributed by atoms with van der Waals surface area (Å²) in [4.78, 5) is 12.5. The summed E-state index contributed by atoms with van der Waals surface area (Å²) in [6.45, 7) is 17.1. The highest BCUT2D eigenvalue weighted by Crippen LogP contribution is 2.44. The first-order valence-electron chi connectivity index (χ1n) is 24.9. The Morgan fingerprint density at radius 1 is 0.509 bits per heavy atom. The molecule has 0 radical (unpaired) electrons. The van der Waals surface area contributed by atoms with E-state index in [1.54, 1.807) is 0 Å². The Bertz CT molecular complexity index is 759. The first-order chi connectivity index (χ1) is 27.8. The normalized spacial score (nSPS) is 13.1. The zero-order valence-electron chi connectivity index (χ0n) is 39.7. The molecule has 1 N–H and O–H groups in total. The molecule has 0 aromatic carbocycles. The lowest BCUT2D eigenvalue weighted by Gasteiger charge is -2.38. The molecule has 0 aliphatic heterocycles. The van der Waals surface area contributed by atoms with Gasteiger partial charge in [-0.15, -0.1) is 0 Å². The summed E-state index contributed by atoms with van der Waals surface area (Å²) in [7, 11) is -1.60. The average Bonchev–Trinajstić information content (AvgIpc) is 3.19. The third kappa shape index (κ3) is 48.2. The molecule has 57 heavy (non-hydrogen) atoms. The summed E-state index contributed by atoms with van der Waals surface area (Å²) in [5.41, 5.74) is 0. The second-order valence-corrected chi connectivity index (χ2v) is 19.9. The molecule has 0 spiro atoms. The summed E-state index contributed by atoms with van der Waals surface area (Å²) < 4.78 is 23.7. The highest BCUT2D eigenvalue weighted by molar-refractivity contribution is 8.24. The first kappa shape index (κ1) is 58.7. The third-order valence-corrected chi connectivity index (χ3v) is 12.4. The van der Waals surface area contributed by atoms with E-state index in [9.17, 15) is 9.90 Å². The van der Waals surface area contributed by atoms with Crippen LogP contribution < -0.4 is 0 Å². The van der Waals surface area contributed by atoms with Crippen LogP contribution >= 0.6 is 10.6 Å². The second-order valence-electron chi connectivity index (χ2n) is 17.2. The van der Waals surface area contributed by atoms with Gasteiger partial charge in [0.25, 0.3) is 6.47 Å². The van der Waals surface area contributed by atoms with Crippen molar-refractivity contribution in [2.45, 2.75) is 246 Å². The molecule has 2 atom stereocenters. The summed E-state index contributed by atoms with van der Waals surface area (Å²) >= 11 is 0. The number of rotatable bonds is 46. The molecule has 0 amide bonds. The minimum atomic E-state index is -1.60. The average molecular weight is 834 g/mol. The van der Waals surface area contributed by atoms with Gasteiger partial charge in [0, 0.05) is 32.1 Å². The van der Waals surface area contributed by atoms with Gasteiger partial charge in [0.15, 0.2) is 6.29 Å². The van der Waals surface area contributed by atoms with Crippen molar-refractivity contribution >= 4 is 17.1 Å². The van der Waals surface area contributed by atoms with E-state index in [4.69, 9.17) is 17.8 Å². The number of aliphatic hydroxyl groups excluding tert-OH is 1. The number of hydrogen-bond acceptors (Lipinski definition) is 7. The minimum absolute atomic E-state index is 0.153. The van der Waals surface area contributed by atoms with E-state index in [0.717, 1.165) is 103 Å². The summed E-state index contributed by atoms with van der Waals surface area (Å²) in [6, 6.07) is 0. The molecule has 0 bridgehead atoms. The fourth-order valence-corrected chi connectivity index (χ4v) is 8.49. The molecular weight excluding hydrogens is 731 g/mol. The SMILES string of the molecule is CCCCCCCCC(C)CCCCCC.CCCCCCCCOC(CCCCCCC)OS(C)(C)OCCCCCCN(CCO)CCCCCCOC=O. The van der Waals surface area contributed by atoms with Gasteiger partial charge in [-0.3, -0.25) is 13.2 Å². The summed E-state index contributed by atoms with van der Waals surface area (Å²) in [5, 5.41) is 9.40. The highest BCUT2D eigenvalue weighted by Gasteiger charge is 2.18. The number of ether oxygens (including phenoxy) is 2. The van der Waals surface area contributed by atoms with E-state index in [1.807, 2.05) is 0 Å². The molecule has 0 heterocycles. The standard InChI is InChI=1S/C33H69NO6S.C16H34/c1-5-7-9-11-15-22-30-38-33(24-18-12-10-8-6-2)40-41(3,4)39-31-23-17-14-20-26-34(27-28-35)25-19-13-16-21-29-37-32-36;1-4-6-8-10-11-13-15-16(3)14-12-9-7-5-2/h32-33,35H,5-31H2,1-4H3;16H,4-15H2,1-3H3. The van der Waals surface area contributed by atoms with E-state index in [-0.39, 0.29) is 12.9 Å². The maximum absolute atomic E-state index is 10.2. The van der Waals surface area contributed by atoms with Crippen molar-refractivity contribution in [1.82, 2.24) is 4.90 Å². The van der Waals surface area contributed by atoms with Crippen LogP contribution in [0.25, 0.3) is 0 Å². The Morgan fingerprint density at radius 3 is 1.40 bits per heavy atom. The lowest BCUT2D eigenvalue weighted by atomic mass is 9.96. The molecule has 0 rings (SSSR count). The van der Waals surface area contributed by atoms with Crippen molar-refractivity contribution in [1.29, 1.82) is 0 Å². The second kappa shape index (κ2) is 48.3. The van der Waals surface area contributed by atoms with Crippen LogP contribution in [0.1, 0.15) is 240 Å². The monoisotopic (exact) mass is 834 g/mol. The van der Waals surface area contributed by atoms with Crippen LogP contribution in [0.15, 0.2) is 0 Å². The lowest BCUT2D eigenvalue weighted by Crippen LogP contribution is -2.29. The van der Waals surface area contributed by atoms with E-state index >= 15 is 0 Å². The smallest absolute Gasteiger partial charge is 0.293 e. The number of carbonyl (C=O) groups excluding carboxylic acids is 1. The van der Waals surface area contributed by atoms with Gasteiger partial charge in [0.1, 0.15) is 0 Å². The van der Waals surface area contributed by atoms with E-state index in [0.29, 0.717) is 13.1 Å². The summed E-state index contributed by atoms with van der Waals surface area (Å²) in [6.07, 6.45) is 45.0. The van der Waals surface area contributed by atoms with Crippen LogP contribution in [0.2, 0.25) is 0 Å². The Kier molecular flexibility index (Phi) is 49.7. The molecule has 0 aliphatic carbocycles. The molecule has 346 valence electrons. The van der Waals surface area contributed by atoms with Crippen LogP contribution in [0.3, 0.4) is 0 Å². The van der Waals surface area contributed by atoms with Gasteiger partial charge in [-0.1, -0.05) is 195 Å². The van der Waals surface area contributed by atoms with Gasteiger partial charge in [0.2, 0.25) is 0 Å². The van der Waals surface area contributed by atoms with Crippen LogP contribution in [0.4, 0.5) is 0 Å². The van der Waals surface area contributed by atoms with Crippen molar-refractivity contribution in [3.63, 3.8) is 0 Å². The Balaban J connectivity index is 0. The van der Waals surface area contributed by atoms with Crippen LogP contribution in [-0.4, -0.2) is 81.3 Å². The topological polar surface area (TPSA) is 77.5 Å². The van der Waals surface area contributed by atoms with Gasteiger partial charge in [0.05, 0.1) is 19.8 Å². The number of nitrogens with zero attached hydrogens (tertiary/aromatic N) is 1. The molecular formula is C49H103NO6S. The molecule has 7 nitrogen and oxygen atoms in total. The van der Waals surface area contributed by atoms with Crippen molar-refractivity contribution in [2.75, 3.05) is 58.6 Å². The minimum Gasteiger partial charge on any atom is -0.468 e. The molecule has 0 aromatic heterocycles. The van der Waals surface area contributed by atoms with Gasteiger partial charge in [-0.25, -0.2) is 0 Å². The van der Waals surface area contributed by atoms with Gasteiger partial charge < -0.3 is 19.5 Å².